The molecule has 0 saturated carbocycles. The fourth-order valence-corrected chi connectivity index (χ4v) is 2.08. The predicted molar refractivity (Wildman–Crippen MR) is 80.2 cm³/mol. The number of hydrogen-bond donors (Lipinski definition) is 1. The minimum atomic E-state index is 0.270. The fourth-order valence-electron chi connectivity index (χ4n) is 2.08. The van der Waals surface area contributed by atoms with Crippen LogP contribution in [0.3, 0.4) is 0 Å². The lowest BCUT2D eigenvalue weighted by molar-refractivity contribution is 0.776. The number of anilines is 1. The first kappa shape index (κ1) is 13.5. The van der Waals surface area contributed by atoms with Crippen molar-refractivity contribution in [2.75, 3.05) is 5.73 Å². The number of nitrogen functional groups attached to an aromatic ring is 1. The largest absolute Gasteiger partial charge is 0.383 e. The Hall–Kier alpha value is -1.90. The Morgan fingerprint density at radius 3 is 2.32 bits per heavy atom. The molecule has 0 aliphatic carbocycles. The van der Waals surface area contributed by atoms with E-state index >= 15 is 0 Å². The molecule has 0 aliphatic rings. The van der Waals surface area contributed by atoms with Gasteiger partial charge in [0.15, 0.2) is 0 Å². The van der Waals surface area contributed by atoms with E-state index in [9.17, 15) is 0 Å². The van der Waals surface area contributed by atoms with Gasteiger partial charge in [-0.05, 0) is 31.9 Å². The molecule has 3 heteroatoms. The molecule has 1 aromatic carbocycles. The molecule has 0 fully saturated rings. The van der Waals surface area contributed by atoms with Gasteiger partial charge in [-0.15, -0.1) is 0 Å². The Kier molecular flexibility index (Phi) is 3.56. The van der Waals surface area contributed by atoms with Crippen molar-refractivity contribution in [2.45, 2.75) is 40.5 Å². The van der Waals surface area contributed by atoms with Crippen molar-refractivity contribution < 1.29 is 0 Å². The molecule has 2 N–H and O–H groups in total. The highest BCUT2D eigenvalue weighted by Gasteiger charge is 2.14. The summed E-state index contributed by atoms with van der Waals surface area (Å²) in [5.74, 6) is 1.65. The van der Waals surface area contributed by atoms with E-state index in [2.05, 4.69) is 50.9 Å². The van der Waals surface area contributed by atoms with Crippen LogP contribution in [0, 0.1) is 20.8 Å². The van der Waals surface area contributed by atoms with Crippen LogP contribution >= 0.6 is 0 Å². The average Bonchev–Trinajstić information content (AvgIpc) is 2.36. The summed E-state index contributed by atoms with van der Waals surface area (Å²) in [5, 5.41) is 0. The van der Waals surface area contributed by atoms with Gasteiger partial charge in [0.05, 0.1) is 5.69 Å². The molecule has 19 heavy (non-hydrogen) atoms. The minimum Gasteiger partial charge on any atom is -0.383 e. The maximum Gasteiger partial charge on any atom is 0.133 e. The van der Waals surface area contributed by atoms with Gasteiger partial charge >= 0.3 is 0 Å². The molecule has 0 bridgehead atoms. The zero-order valence-electron chi connectivity index (χ0n) is 12.3. The second kappa shape index (κ2) is 5.00. The molecule has 2 aromatic rings. The summed E-state index contributed by atoms with van der Waals surface area (Å²) in [7, 11) is 0. The van der Waals surface area contributed by atoms with E-state index in [1.165, 1.54) is 11.1 Å². The first-order valence-corrected chi connectivity index (χ1v) is 6.62. The maximum atomic E-state index is 6.03. The SMILES string of the molecule is Cc1cccc(-c2nc(C(C)C)nc(N)c2C)c1C. The molecule has 0 amide bonds. The molecule has 100 valence electrons. The van der Waals surface area contributed by atoms with Gasteiger partial charge in [-0.3, -0.25) is 0 Å². The molecule has 0 atom stereocenters. The van der Waals surface area contributed by atoms with E-state index in [0.29, 0.717) is 5.82 Å². The normalized spacial score (nSPS) is 11.1. The third kappa shape index (κ3) is 2.46. The Morgan fingerprint density at radius 2 is 1.68 bits per heavy atom. The zero-order chi connectivity index (χ0) is 14.2. The van der Waals surface area contributed by atoms with Gasteiger partial charge in [-0.2, -0.15) is 0 Å². The molecule has 2 rings (SSSR count). The smallest absolute Gasteiger partial charge is 0.133 e. The van der Waals surface area contributed by atoms with E-state index in [4.69, 9.17) is 10.7 Å². The predicted octanol–water partition coefficient (Wildman–Crippen LogP) is 3.77. The highest BCUT2D eigenvalue weighted by Crippen LogP contribution is 2.29. The topological polar surface area (TPSA) is 51.8 Å². The first-order chi connectivity index (χ1) is 8.91. The summed E-state index contributed by atoms with van der Waals surface area (Å²) in [6, 6.07) is 6.27. The standard InChI is InChI=1S/C16H21N3/c1-9(2)16-18-14(12(5)15(17)19-16)13-8-6-7-10(3)11(13)4/h6-9H,1-5H3,(H2,17,18,19). The van der Waals surface area contributed by atoms with Crippen molar-refractivity contribution in [3.8, 4) is 11.3 Å². The summed E-state index contributed by atoms with van der Waals surface area (Å²) in [6.45, 7) is 10.4. The summed E-state index contributed by atoms with van der Waals surface area (Å²) in [6.07, 6.45) is 0. The number of aryl methyl sites for hydroxylation is 1. The van der Waals surface area contributed by atoms with Crippen LogP contribution < -0.4 is 5.73 Å². The van der Waals surface area contributed by atoms with Gasteiger partial charge in [-0.1, -0.05) is 32.0 Å². The van der Waals surface area contributed by atoms with Crippen molar-refractivity contribution in [2.24, 2.45) is 0 Å². The molecule has 0 aliphatic heterocycles. The molecule has 0 radical (unpaired) electrons. The highest BCUT2D eigenvalue weighted by molar-refractivity contribution is 5.71. The third-order valence-electron chi connectivity index (χ3n) is 3.58. The number of rotatable bonds is 2. The lowest BCUT2D eigenvalue weighted by atomic mass is 9.98. The first-order valence-electron chi connectivity index (χ1n) is 6.62. The third-order valence-corrected chi connectivity index (χ3v) is 3.58. The van der Waals surface area contributed by atoms with Gasteiger partial charge in [0.1, 0.15) is 11.6 Å². The summed E-state index contributed by atoms with van der Waals surface area (Å²) >= 11 is 0. The van der Waals surface area contributed by atoms with Crippen LogP contribution in [0.25, 0.3) is 11.3 Å². The van der Waals surface area contributed by atoms with E-state index in [0.717, 1.165) is 22.6 Å². The second-order valence-corrected chi connectivity index (χ2v) is 5.34. The Morgan fingerprint density at radius 1 is 1.00 bits per heavy atom. The highest BCUT2D eigenvalue weighted by atomic mass is 15.0. The molecule has 0 saturated heterocycles. The quantitative estimate of drug-likeness (QED) is 0.888. The Balaban J connectivity index is 2.71. The van der Waals surface area contributed by atoms with Crippen molar-refractivity contribution in [1.29, 1.82) is 0 Å². The summed E-state index contributed by atoms with van der Waals surface area (Å²) < 4.78 is 0. The average molecular weight is 255 g/mol. The van der Waals surface area contributed by atoms with Crippen molar-refractivity contribution in [3.05, 3.63) is 40.7 Å². The van der Waals surface area contributed by atoms with Crippen LogP contribution in [0.5, 0.6) is 0 Å². The fraction of sp³-hybridized carbons (Fsp3) is 0.375. The van der Waals surface area contributed by atoms with Gasteiger partial charge < -0.3 is 5.73 Å². The van der Waals surface area contributed by atoms with E-state index < -0.39 is 0 Å². The van der Waals surface area contributed by atoms with Crippen molar-refractivity contribution in [3.63, 3.8) is 0 Å². The molecule has 1 aromatic heterocycles. The minimum absolute atomic E-state index is 0.270. The van der Waals surface area contributed by atoms with Crippen molar-refractivity contribution in [1.82, 2.24) is 9.97 Å². The molecular weight excluding hydrogens is 234 g/mol. The number of aromatic nitrogens is 2. The van der Waals surface area contributed by atoms with Gasteiger partial charge in [0.2, 0.25) is 0 Å². The van der Waals surface area contributed by atoms with Crippen LogP contribution in [0.4, 0.5) is 5.82 Å². The van der Waals surface area contributed by atoms with Gasteiger partial charge in [-0.25, -0.2) is 9.97 Å². The van der Waals surface area contributed by atoms with E-state index in [1.807, 2.05) is 6.92 Å². The summed E-state index contributed by atoms with van der Waals surface area (Å²) in [5.41, 5.74) is 11.6. The second-order valence-electron chi connectivity index (χ2n) is 5.34. The molecular formula is C16H21N3. The van der Waals surface area contributed by atoms with Gasteiger partial charge in [0, 0.05) is 17.0 Å². The lowest BCUT2D eigenvalue weighted by Crippen LogP contribution is -2.07. The Bertz CT molecular complexity index is 616. The van der Waals surface area contributed by atoms with Gasteiger partial charge in [0.25, 0.3) is 0 Å². The molecule has 3 nitrogen and oxygen atoms in total. The van der Waals surface area contributed by atoms with Crippen molar-refractivity contribution >= 4 is 5.82 Å². The summed E-state index contributed by atoms with van der Waals surface area (Å²) in [4.78, 5) is 9.09. The number of benzene rings is 1. The number of hydrogen-bond acceptors (Lipinski definition) is 3. The van der Waals surface area contributed by atoms with Crippen LogP contribution in [0.15, 0.2) is 18.2 Å². The van der Waals surface area contributed by atoms with Crippen LogP contribution in [0.1, 0.15) is 42.3 Å². The number of nitrogens with zero attached hydrogens (tertiary/aromatic N) is 2. The maximum absolute atomic E-state index is 6.03. The molecule has 0 spiro atoms. The van der Waals surface area contributed by atoms with Crippen LogP contribution in [-0.4, -0.2) is 9.97 Å². The Labute approximate surface area is 114 Å². The zero-order valence-corrected chi connectivity index (χ0v) is 12.3. The number of nitrogens with two attached hydrogens (primary N) is 1. The molecule has 1 heterocycles. The monoisotopic (exact) mass is 255 g/mol. The van der Waals surface area contributed by atoms with Crippen LogP contribution in [-0.2, 0) is 0 Å². The van der Waals surface area contributed by atoms with Crippen LogP contribution in [0.2, 0.25) is 0 Å². The lowest BCUT2D eigenvalue weighted by Gasteiger charge is -2.14. The van der Waals surface area contributed by atoms with E-state index in [1.54, 1.807) is 0 Å². The van der Waals surface area contributed by atoms with E-state index in [-0.39, 0.29) is 5.92 Å². The molecule has 0 unspecified atom stereocenters.